The van der Waals surface area contributed by atoms with Crippen molar-refractivity contribution in [1.29, 1.82) is 0 Å². The molecule has 5 heteroatoms. The van der Waals surface area contributed by atoms with Crippen molar-refractivity contribution in [3.63, 3.8) is 0 Å². The predicted octanol–water partition coefficient (Wildman–Crippen LogP) is 2.03. The molecular weight excluding hydrogens is 244 g/mol. The quantitative estimate of drug-likeness (QED) is 0.643. The van der Waals surface area contributed by atoms with Gasteiger partial charge in [-0.15, -0.1) is 0 Å². The molecule has 1 aliphatic heterocycles. The largest absolute Gasteiger partial charge is 0.486 e. The fourth-order valence-electron chi connectivity index (χ4n) is 2.14. The monoisotopic (exact) mass is 264 g/mol. The van der Waals surface area contributed by atoms with Crippen LogP contribution in [0.4, 0.5) is 11.4 Å². The first-order chi connectivity index (χ1) is 9.10. The van der Waals surface area contributed by atoms with Gasteiger partial charge in [0.2, 0.25) is 0 Å². The minimum atomic E-state index is -0.172. The van der Waals surface area contributed by atoms with Crippen LogP contribution in [-0.4, -0.2) is 25.2 Å². The van der Waals surface area contributed by atoms with E-state index in [2.05, 4.69) is 5.32 Å². The van der Waals surface area contributed by atoms with Gasteiger partial charge >= 0.3 is 5.97 Å². The van der Waals surface area contributed by atoms with Crippen LogP contribution in [0.2, 0.25) is 0 Å². The van der Waals surface area contributed by atoms with Gasteiger partial charge in [-0.3, -0.25) is 4.79 Å². The predicted molar refractivity (Wildman–Crippen MR) is 74.2 cm³/mol. The van der Waals surface area contributed by atoms with Gasteiger partial charge in [-0.05, 0) is 31.5 Å². The Morgan fingerprint density at radius 1 is 1.63 bits per heavy atom. The number of rotatable bonds is 4. The van der Waals surface area contributed by atoms with E-state index in [1.165, 1.54) is 0 Å². The molecule has 104 valence electrons. The van der Waals surface area contributed by atoms with Crippen molar-refractivity contribution < 1.29 is 14.3 Å². The van der Waals surface area contributed by atoms with Crippen molar-refractivity contribution in [3.8, 4) is 5.75 Å². The minimum Gasteiger partial charge on any atom is -0.486 e. The lowest BCUT2D eigenvalue weighted by Gasteiger charge is -2.28. The second-order valence-electron chi connectivity index (χ2n) is 4.77. The van der Waals surface area contributed by atoms with Gasteiger partial charge in [0.05, 0.1) is 24.8 Å². The maximum atomic E-state index is 11.6. The van der Waals surface area contributed by atoms with Crippen molar-refractivity contribution >= 4 is 17.3 Å². The topological polar surface area (TPSA) is 73.6 Å². The summed E-state index contributed by atoms with van der Waals surface area (Å²) in [5, 5.41) is 3.27. The number of fused-ring (bicyclic) bond motifs is 1. The Labute approximate surface area is 113 Å². The molecule has 19 heavy (non-hydrogen) atoms. The molecule has 1 heterocycles. The number of carbonyl (C=O) groups excluding carboxylic acids is 1. The highest BCUT2D eigenvalue weighted by molar-refractivity contribution is 5.72. The van der Waals surface area contributed by atoms with Crippen LogP contribution in [0.3, 0.4) is 0 Å². The van der Waals surface area contributed by atoms with E-state index in [-0.39, 0.29) is 18.0 Å². The van der Waals surface area contributed by atoms with Crippen LogP contribution in [0.15, 0.2) is 18.2 Å². The fourth-order valence-corrected chi connectivity index (χ4v) is 2.14. The first-order valence-corrected chi connectivity index (χ1v) is 6.56. The average Bonchev–Trinajstić information content (AvgIpc) is 2.39. The highest BCUT2D eigenvalue weighted by Gasteiger charge is 2.25. The van der Waals surface area contributed by atoms with Crippen LogP contribution in [-0.2, 0) is 9.53 Å². The highest BCUT2D eigenvalue weighted by Crippen LogP contribution is 2.32. The van der Waals surface area contributed by atoms with Gasteiger partial charge in [0.1, 0.15) is 11.9 Å². The van der Waals surface area contributed by atoms with E-state index in [4.69, 9.17) is 15.2 Å². The fraction of sp³-hybridized carbons (Fsp3) is 0.500. The molecule has 0 radical (unpaired) electrons. The summed E-state index contributed by atoms with van der Waals surface area (Å²) in [4.78, 5) is 11.6. The molecule has 3 N–H and O–H groups in total. The van der Waals surface area contributed by atoms with Gasteiger partial charge < -0.3 is 20.5 Å². The molecule has 0 spiro atoms. The lowest BCUT2D eigenvalue weighted by atomic mass is 10.0. The summed E-state index contributed by atoms with van der Waals surface area (Å²) in [6.45, 7) is 4.75. The van der Waals surface area contributed by atoms with Crippen molar-refractivity contribution in [1.82, 2.24) is 0 Å². The summed E-state index contributed by atoms with van der Waals surface area (Å²) < 4.78 is 10.9. The molecule has 0 bridgehead atoms. The highest BCUT2D eigenvalue weighted by atomic mass is 16.5. The second kappa shape index (κ2) is 5.82. The number of hydrogen-bond acceptors (Lipinski definition) is 5. The number of esters is 1. The summed E-state index contributed by atoms with van der Waals surface area (Å²) in [5.74, 6) is 0.442. The molecule has 2 atom stereocenters. The van der Waals surface area contributed by atoms with Crippen LogP contribution < -0.4 is 15.8 Å². The zero-order valence-electron chi connectivity index (χ0n) is 11.3. The van der Waals surface area contributed by atoms with Gasteiger partial charge in [0, 0.05) is 5.69 Å². The third-order valence-corrected chi connectivity index (χ3v) is 3.12. The molecule has 5 nitrogen and oxygen atoms in total. The van der Waals surface area contributed by atoms with Crippen LogP contribution in [0, 0.1) is 5.92 Å². The molecule has 1 aromatic rings. The standard InChI is InChI=1S/C14H20N2O3/c1-3-18-14(17)9(2)6-11-8-16-12-7-10(15)4-5-13(12)19-11/h4-5,7,9,11,16H,3,6,8,15H2,1-2H3. The molecule has 2 rings (SSSR count). The molecule has 0 fully saturated rings. The van der Waals surface area contributed by atoms with Gasteiger partial charge in [0.25, 0.3) is 0 Å². The van der Waals surface area contributed by atoms with E-state index < -0.39 is 0 Å². The Morgan fingerprint density at radius 3 is 3.16 bits per heavy atom. The van der Waals surface area contributed by atoms with Gasteiger partial charge in [-0.1, -0.05) is 6.92 Å². The third-order valence-electron chi connectivity index (χ3n) is 3.12. The van der Waals surface area contributed by atoms with Crippen molar-refractivity contribution in [2.45, 2.75) is 26.4 Å². The number of benzene rings is 1. The Kier molecular flexibility index (Phi) is 4.14. The van der Waals surface area contributed by atoms with Crippen molar-refractivity contribution in [3.05, 3.63) is 18.2 Å². The van der Waals surface area contributed by atoms with Gasteiger partial charge in [0.15, 0.2) is 0 Å². The molecule has 2 unspecified atom stereocenters. The average molecular weight is 264 g/mol. The van der Waals surface area contributed by atoms with Gasteiger partial charge in [-0.2, -0.15) is 0 Å². The van der Waals surface area contributed by atoms with Crippen LogP contribution in [0.5, 0.6) is 5.75 Å². The van der Waals surface area contributed by atoms with Crippen LogP contribution in [0.25, 0.3) is 0 Å². The van der Waals surface area contributed by atoms with Gasteiger partial charge in [-0.25, -0.2) is 0 Å². The number of nitrogens with one attached hydrogen (secondary N) is 1. The number of hydrogen-bond donors (Lipinski definition) is 2. The summed E-state index contributed by atoms with van der Waals surface area (Å²) in [5.41, 5.74) is 7.32. The third kappa shape index (κ3) is 3.30. The Balaban J connectivity index is 1.95. The smallest absolute Gasteiger partial charge is 0.308 e. The molecule has 0 saturated heterocycles. The second-order valence-corrected chi connectivity index (χ2v) is 4.77. The van der Waals surface area contributed by atoms with E-state index in [9.17, 15) is 4.79 Å². The maximum absolute atomic E-state index is 11.6. The Bertz CT molecular complexity index is 462. The number of ether oxygens (including phenoxy) is 2. The number of carbonyl (C=O) groups is 1. The van der Waals surface area contributed by atoms with Crippen molar-refractivity contribution in [2.75, 3.05) is 24.2 Å². The lowest BCUT2D eigenvalue weighted by molar-refractivity contribution is -0.148. The zero-order valence-corrected chi connectivity index (χ0v) is 11.3. The van der Waals surface area contributed by atoms with E-state index >= 15 is 0 Å². The molecule has 1 aromatic carbocycles. The molecule has 0 aliphatic carbocycles. The van der Waals surface area contributed by atoms with Crippen molar-refractivity contribution in [2.24, 2.45) is 5.92 Å². The molecule has 0 aromatic heterocycles. The van der Waals surface area contributed by atoms with E-state index in [1.807, 2.05) is 26.0 Å². The SMILES string of the molecule is CCOC(=O)C(C)CC1CNc2cc(N)ccc2O1. The number of nitrogens with two attached hydrogens (primary N) is 1. The lowest BCUT2D eigenvalue weighted by Crippen LogP contribution is -2.34. The molecule has 1 aliphatic rings. The van der Waals surface area contributed by atoms with E-state index in [1.54, 1.807) is 6.07 Å². The van der Waals surface area contributed by atoms with E-state index in [0.29, 0.717) is 25.3 Å². The number of nitrogen functional groups attached to an aromatic ring is 1. The van der Waals surface area contributed by atoms with E-state index in [0.717, 1.165) is 11.4 Å². The number of anilines is 2. The summed E-state index contributed by atoms with van der Waals surface area (Å²) in [6.07, 6.45) is 0.603. The molecule has 0 saturated carbocycles. The summed E-state index contributed by atoms with van der Waals surface area (Å²) in [7, 11) is 0. The zero-order chi connectivity index (χ0) is 13.8. The first kappa shape index (κ1) is 13.5. The first-order valence-electron chi connectivity index (χ1n) is 6.56. The van der Waals surface area contributed by atoms with Crippen LogP contribution >= 0.6 is 0 Å². The minimum absolute atomic E-state index is 0.0319. The maximum Gasteiger partial charge on any atom is 0.308 e. The van der Waals surface area contributed by atoms with Crippen LogP contribution in [0.1, 0.15) is 20.3 Å². The summed E-state index contributed by atoms with van der Waals surface area (Å²) >= 11 is 0. The summed E-state index contributed by atoms with van der Waals surface area (Å²) in [6, 6.07) is 5.50. The Hall–Kier alpha value is -1.91. The Morgan fingerprint density at radius 2 is 2.42 bits per heavy atom. The molecular formula is C14H20N2O3. The normalized spacial score (nSPS) is 18.7. The molecule has 0 amide bonds.